The zero-order valence-corrected chi connectivity index (χ0v) is 6.92. The third-order valence-electron chi connectivity index (χ3n) is 2.15. The molecule has 1 unspecified atom stereocenters. The van der Waals surface area contributed by atoms with Gasteiger partial charge in [0.05, 0.1) is 5.92 Å². The molecule has 0 bridgehead atoms. The highest BCUT2D eigenvalue weighted by molar-refractivity contribution is 5.69. The van der Waals surface area contributed by atoms with Gasteiger partial charge in [0.1, 0.15) is 0 Å². The fourth-order valence-corrected chi connectivity index (χ4v) is 1.20. The summed E-state index contributed by atoms with van der Waals surface area (Å²) in [6, 6.07) is 0. The topological polar surface area (TPSA) is 37.3 Å². The second kappa shape index (κ2) is 4.31. The standard InChI is InChI=1S/C8H16O2/c1-4-7(5-2)6(3)8(9)10/h6-7H,4-5H2,1-3H3,(H,9,10). The molecule has 0 fully saturated rings. The Labute approximate surface area is 62.2 Å². The van der Waals surface area contributed by atoms with Crippen LogP contribution in [-0.2, 0) is 4.79 Å². The van der Waals surface area contributed by atoms with Gasteiger partial charge in [0.15, 0.2) is 0 Å². The molecule has 1 N–H and O–H groups in total. The third-order valence-corrected chi connectivity index (χ3v) is 2.15. The molecule has 0 rings (SSSR count). The molecule has 0 aromatic rings. The van der Waals surface area contributed by atoms with Crippen molar-refractivity contribution < 1.29 is 9.90 Å². The van der Waals surface area contributed by atoms with E-state index in [0.717, 1.165) is 12.8 Å². The van der Waals surface area contributed by atoms with Crippen LogP contribution in [0.25, 0.3) is 0 Å². The van der Waals surface area contributed by atoms with E-state index < -0.39 is 5.97 Å². The number of hydrogen-bond donors (Lipinski definition) is 1. The maximum Gasteiger partial charge on any atom is 0.306 e. The minimum absolute atomic E-state index is 0.185. The van der Waals surface area contributed by atoms with Gasteiger partial charge >= 0.3 is 5.97 Å². The summed E-state index contributed by atoms with van der Waals surface area (Å²) in [7, 11) is 0. The Morgan fingerprint density at radius 2 is 1.80 bits per heavy atom. The lowest BCUT2D eigenvalue weighted by Gasteiger charge is -2.16. The Hall–Kier alpha value is -0.530. The van der Waals surface area contributed by atoms with Gasteiger partial charge in [-0.25, -0.2) is 0 Å². The minimum Gasteiger partial charge on any atom is -0.481 e. The molecule has 0 radical (unpaired) electrons. The molecule has 2 heteroatoms. The van der Waals surface area contributed by atoms with Crippen molar-refractivity contribution >= 4 is 5.97 Å². The van der Waals surface area contributed by atoms with Crippen LogP contribution in [-0.4, -0.2) is 11.1 Å². The lowest BCUT2D eigenvalue weighted by atomic mass is 9.90. The van der Waals surface area contributed by atoms with Crippen molar-refractivity contribution in [2.45, 2.75) is 33.6 Å². The van der Waals surface area contributed by atoms with Crippen molar-refractivity contribution in [1.29, 1.82) is 0 Å². The molecule has 0 aliphatic carbocycles. The molecule has 0 heterocycles. The monoisotopic (exact) mass is 144 g/mol. The molecule has 60 valence electrons. The Morgan fingerprint density at radius 1 is 1.40 bits per heavy atom. The molecular formula is C8H16O2. The van der Waals surface area contributed by atoms with Gasteiger partial charge in [0, 0.05) is 0 Å². The molecule has 0 saturated carbocycles. The molecule has 0 amide bonds. The molecule has 0 saturated heterocycles. The van der Waals surface area contributed by atoms with Crippen LogP contribution in [0.1, 0.15) is 33.6 Å². The Morgan fingerprint density at radius 3 is 1.90 bits per heavy atom. The number of carboxylic acids is 1. The van der Waals surface area contributed by atoms with Crippen LogP contribution in [0.4, 0.5) is 0 Å². The molecule has 10 heavy (non-hydrogen) atoms. The summed E-state index contributed by atoms with van der Waals surface area (Å²) in [5.41, 5.74) is 0. The Bertz CT molecular complexity index is 106. The van der Waals surface area contributed by atoms with E-state index in [2.05, 4.69) is 0 Å². The number of carbonyl (C=O) groups is 1. The SMILES string of the molecule is CCC(CC)C(C)C(=O)O. The molecule has 1 atom stereocenters. The highest BCUT2D eigenvalue weighted by Gasteiger charge is 2.19. The number of hydrogen-bond acceptors (Lipinski definition) is 1. The normalized spacial score (nSPS) is 13.6. The smallest absolute Gasteiger partial charge is 0.306 e. The lowest BCUT2D eigenvalue weighted by molar-refractivity contribution is -0.143. The van der Waals surface area contributed by atoms with Crippen molar-refractivity contribution in [1.82, 2.24) is 0 Å². The van der Waals surface area contributed by atoms with E-state index in [-0.39, 0.29) is 5.92 Å². The van der Waals surface area contributed by atoms with Crippen molar-refractivity contribution in [3.05, 3.63) is 0 Å². The van der Waals surface area contributed by atoms with Gasteiger partial charge in [0.2, 0.25) is 0 Å². The second-order valence-corrected chi connectivity index (χ2v) is 2.70. The summed E-state index contributed by atoms with van der Waals surface area (Å²) in [4.78, 5) is 10.5. The molecule has 0 aliphatic rings. The van der Waals surface area contributed by atoms with Gasteiger partial charge in [-0.3, -0.25) is 4.79 Å². The maximum absolute atomic E-state index is 10.5. The van der Waals surface area contributed by atoms with Crippen LogP contribution >= 0.6 is 0 Å². The van der Waals surface area contributed by atoms with Gasteiger partial charge in [-0.2, -0.15) is 0 Å². The van der Waals surface area contributed by atoms with Crippen LogP contribution in [0.2, 0.25) is 0 Å². The summed E-state index contributed by atoms with van der Waals surface area (Å²) >= 11 is 0. The summed E-state index contributed by atoms with van der Waals surface area (Å²) in [5.74, 6) is -0.513. The van der Waals surface area contributed by atoms with Crippen LogP contribution < -0.4 is 0 Å². The lowest BCUT2D eigenvalue weighted by Crippen LogP contribution is -2.19. The highest BCUT2D eigenvalue weighted by atomic mass is 16.4. The minimum atomic E-state index is -0.672. The average Bonchev–Trinajstić information content (AvgIpc) is 1.90. The molecule has 2 nitrogen and oxygen atoms in total. The molecule has 0 aliphatic heterocycles. The first-order valence-corrected chi connectivity index (χ1v) is 3.86. The average molecular weight is 144 g/mol. The molecule has 0 spiro atoms. The van der Waals surface area contributed by atoms with Crippen LogP contribution in [0.3, 0.4) is 0 Å². The predicted octanol–water partition coefficient (Wildman–Crippen LogP) is 2.14. The van der Waals surface area contributed by atoms with Crippen molar-refractivity contribution in [3.8, 4) is 0 Å². The number of aliphatic carboxylic acids is 1. The van der Waals surface area contributed by atoms with Crippen LogP contribution in [0, 0.1) is 11.8 Å². The van der Waals surface area contributed by atoms with E-state index in [1.165, 1.54) is 0 Å². The van der Waals surface area contributed by atoms with Gasteiger partial charge in [0.25, 0.3) is 0 Å². The van der Waals surface area contributed by atoms with Crippen molar-refractivity contribution in [3.63, 3.8) is 0 Å². The Kier molecular flexibility index (Phi) is 4.08. The van der Waals surface area contributed by atoms with Crippen molar-refractivity contribution in [2.24, 2.45) is 11.8 Å². The van der Waals surface area contributed by atoms with E-state index in [9.17, 15) is 4.79 Å². The zero-order valence-electron chi connectivity index (χ0n) is 6.92. The molecule has 0 aromatic heterocycles. The first-order valence-electron chi connectivity index (χ1n) is 3.86. The summed E-state index contributed by atoms with van der Waals surface area (Å²) in [5, 5.41) is 8.61. The fraction of sp³-hybridized carbons (Fsp3) is 0.875. The van der Waals surface area contributed by atoms with Gasteiger partial charge in [-0.1, -0.05) is 33.6 Å². The van der Waals surface area contributed by atoms with Crippen LogP contribution in [0.5, 0.6) is 0 Å². The second-order valence-electron chi connectivity index (χ2n) is 2.70. The summed E-state index contributed by atoms with van der Waals surface area (Å²) in [6.45, 7) is 5.85. The van der Waals surface area contributed by atoms with E-state index in [1.54, 1.807) is 6.92 Å². The van der Waals surface area contributed by atoms with Crippen LogP contribution in [0.15, 0.2) is 0 Å². The van der Waals surface area contributed by atoms with Gasteiger partial charge in [-0.15, -0.1) is 0 Å². The molecular weight excluding hydrogens is 128 g/mol. The van der Waals surface area contributed by atoms with E-state index >= 15 is 0 Å². The number of rotatable bonds is 4. The quantitative estimate of drug-likeness (QED) is 0.656. The zero-order chi connectivity index (χ0) is 8.15. The van der Waals surface area contributed by atoms with Gasteiger partial charge in [-0.05, 0) is 5.92 Å². The highest BCUT2D eigenvalue weighted by Crippen LogP contribution is 2.18. The van der Waals surface area contributed by atoms with E-state index in [1.807, 2.05) is 13.8 Å². The van der Waals surface area contributed by atoms with Gasteiger partial charge < -0.3 is 5.11 Å². The first-order chi connectivity index (χ1) is 4.63. The maximum atomic E-state index is 10.5. The summed E-state index contributed by atoms with van der Waals surface area (Å²) in [6.07, 6.45) is 1.92. The van der Waals surface area contributed by atoms with E-state index in [0.29, 0.717) is 5.92 Å². The third kappa shape index (κ3) is 2.38. The first kappa shape index (κ1) is 9.47. The Balaban J connectivity index is 3.88. The number of carboxylic acid groups (broad SMARTS) is 1. The summed E-state index contributed by atoms with van der Waals surface area (Å²) < 4.78 is 0. The fourth-order valence-electron chi connectivity index (χ4n) is 1.20. The van der Waals surface area contributed by atoms with Crippen molar-refractivity contribution in [2.75, 3.05) is 0 Å². The largest absolute Gasteiger partial charge is 0.481 e. The predicted molar refractivity (Wildman–Crippen MR) is 40.9 cm³/mol. The van der Waals surface area contributed by atoms with E-state index in [4.69, 9.17) is 5.11 Å². The molecule has 0 aromatic carbocycles.